The zero-order valence-electron chi connectivity index (χ0n) is 7.75. The van der Waals surface area contributed by atoms with E-state index in [0.29, 0.717) is 0 Å². The second-order valence-corrected chi connectivity index (χ2v) is 2.67. The highest BCUT2D eigenvalue weighted by Gasteiger charge is 2.12. The number of hydrogen-bond donors (Lipinski definition) is 1. The van der Waals surface area contributed by atoms with Crippen molar-refractivity contribution in [1.82, 2.24) is 5.32 Å². The Morgan fingerprint density at radius 3 is 2.58 bits per heavy atom. The van der Waals surface area contributed by atoms with Crippen molar-refractivity contribution < 1.29 is 14.4 Å². The van der Waals surface area contributed by atoms with Crippen LogP contribution in [0, 0.1) is 0 Å². The van der Waals surface area contributed by atoms with E-state index in [2.05, 4.69) is 15.3 Å². The van der Waals surface area contributed by atoms with E-state index in [-0.39, 0.29) is 0 Å². The zero-order valence-corrected chi connectivity index (χ0v) is 7.75. The van der Waals surface area contributed by atoms with Crippen LogP contribution in [0.3, 0.4) is 0 Å². The van der Waals surface area contributed by atoms with Crippen LogP contribution in [0.1, 0.15) is 13.8 Å². The maximum Gasteiger partial charge on any atom is 0.433 e. The van der Waals surface area contributed by atoms with Gasteiger partial charge >= 0.3 is 6.09 Å². The minimum Gasteiger partial charge on any atom is -0.373 e. The minimum atomic E-state index is -0.599. The van der Waals surface area contributed by atoms with Crippen molar-refractivity contribution in [2.75, 3.05) is 14.2 Å². The van der Waals surface area contributed by atoms with Crippen molar-refractivity contribution in [2.24, 2.45) is 5.16 Å². The second-order valence-electron chi connectivity index (χ2n) is 2.67. The average molecular weight is 174 g/mol. The van der Waals surface area contributed by atoms with Crippen molar-refractivity contribution in [2.45, 2.75) is 19.4 Å². The Morgan fingerprint density at radius 1 is 1.58 bits per heavy atom. The highest BCUT2D eigenvalue weighted by molar-refractivity contribution is 5.70. The Balaban J connectivity index is 3.83. The molecule has 0 saturated heterocycles. The van der Waals surface area contributed by atoms with Crippen LogP contribution in [-0.2, 0) is 9.57 Å². The van der Waals surface area contributed by atoms with Crippen molar-refractivity contribution in [3.8, 4) is 0 Å². The monoisotopic (exact) mass is 174 g/mol. The van der Waals surface area contributed by atoms with Crippen LogP contribution in [0.4, 0.5) is 4.79 Å². The smallest absolute Gasteiger partial charge is 0.373 e. The Morgan fingerprint density at radius 2 is 2.17 bits per heavy atom. The molecular weight excluding hydrogens is 160 g/mol. The highest BCUT2D eigenvalue weighted by atomic mass is 16.7. The first-order valence-electron chi connectivity index (χ1n) is 3.50. The summed E-state index contributed by atoms with van der Waals surface area (Å²) in [5.74, 6) is 0. The van der Waals surface area contributed by atoms with Crippen LogP contribution in [0.15, 0.2) is 5.16 Å². The average Bonchev–Trinajstić information content (AvgIpc) is 2.04. The molecule has 0 aromatic rings. The van der Waals surface area contributed by atoms with Crippen LogP contribution in [-0.4, -0.2) is 32.1 Å². The van der Waals surface area contributed by atoms with E-state index in [1.165, 1.54) is 13.3 Å². The molecule has 5 nitrogen and oxygen atoms in total. The van der Waals surface area contributed by atoms with Crippen LogP contribution in [0.25, 0.3) is 0 Å². The summed E-state index contributed by atoms with van der Waals surface area (Å²) in [7, 11) is 3.01. The molecule has 5 heteroatoms. The largest absolute Gasteiger partial charge is 0.433 e. The van der Waals surface area contributed by atoms with Gasteiger partial charge in [-0.25, -0.2) is 4.79 Å². The second kappa shape index (κ2) is 4.71. The van der Waals surface area contributed by atoms with Crippen molar-refractivity contribution in [3.05, 3.63) is 0 Å². The van der Waals surface area contributed by atoms with Gasteiger partial charge in [0, 0.05) is 14.2 Å². The van der Waals surface area contributed by atoms with Crippen molar-refractivity contribution >= 4 is 12.3 Å². The third kappa shape index (κ3) is 4.68. The maximum absolute atomic E-state index is 10.5. The minimum absolute atomic E-state index is 0.520. The van der Waals surface area contributed by atoms with Gasteiger partial charge in [0.25, 0.3) is 0 Å². The van der Waals surface area contributed by atoms with E-state index < -0.39 is 11.7 Å². The summed E-state index contributed by atoms with van der Waals surface area (Å²) in [5, 5.41) is 5.68. The molecule has 0 aromatic heterocycles. The van der Waals surface area contributed by atoms with Gasteiger partial charge in [0.05, 0.1) is 6.21 Å². The fourth-order valence-electron chi connectivity index (χ4n) is 0.299. The molecule has 0 radical (unpaired) electrons. The van der Waals surface area contributed by atoms with E-state index in [1.807, 2.05) is 0 Å². The first-order valence-corrected chi connectivity index (χ1v) is 3.50. The van der Waals surface area contributed by atoms with E-state index in [4.69, 9.17) is 4.74 Å². The molecule has 12 heavy (non-hydrogen) atoms. The van der Waals surface area contributed by atoms with Crippen LogP contribution in [0.5, 0.6) is 0 Å². The maximum atomic E-state index is 10.5. The number of rotatable bonds is 3. The molecule has 0 spiro atoms. The van der Waals surface area contributed by atoms with E-state index in [1.54, 1.807) is 21.0 Å². The number of ether oxygens (including phenoxy) is 1. The van der Waals surface area contributed by atoms with Gasteiger partial charge in [-0.2, -0.15) is 0 Å². The van der Waals surface area contributed by atoms with Gasteiger partial charge < -0.3 is 10.1 Å². The van der Waals surface area contributed by atoms with Crippen LogP contribution < -0.4 is 5.32 Å². The highest BCUT2D eigenvalue weighted by Crippen LogP contribution is 2.02. The molecule has 0 aromatic carbocycles. The zero-order chi connectivity index (χ0) is 9.61. The first-order chi connectivity index (χ1) is 5.52. The Kier molecular flexibility index (Phi) is 4.28. The Hall–Kier alpha value is -1.10. The first kappa shape index (κ1) is 10.9. The molecule has 70 valence electrons. The number of nitrogens with zero attached hydrogens (tertiary/aromatic N) is 1. The van der Waals surface area contributed by atoms with Gasteiger partial charge in [-0.3, -0.25) is 4.84 Å². The van der Waals surface area contributed by atoms with Gasteiger partial charge in [0.1, 0.15) is 5.60 Å². The van der Waals surface area contributed by atoms with Crippen LogP contribution in [0.2, 0.25) is 0 Å². The Labute approximate surface area is 71.7 Å². The lowest BCUT2D eigenvalue weighted by Crippen LogP contribution is -2.25. The molecule has 0 rings (SSSR count). The normalized spacial score (nSPS) is 11.7. The van der Waals surface area contributed by atoms with Gasteiger partial charge in [-0.15, -0.1) is 0 Å². The number of amides is 1. The topological polar surface area (TPSA) is 59.9 Å². The molecule has 1 amide bonds. The molecule has 0 aliphatic carbocycles. The summed E-state index contributed by atoms with van der Waals surface area (Å²) < 4.78 is 4.99. The number of hydrogen-bond acceptors (Lipinski definition) is 4. The van der Waals surface area contributed by atoms with E-state index >= 15 is 0 Å². The van der Waals surface area contributed by atoms with Gasteiger partial charge in [-0.05, 0) is 13.8 Å². The molecule has 0 atom stereocenters. The molecular formula is C7H14N2O3. The fraction of sp³-hybridized carbons (Fsp3) is 0.714. The van der Waals surface area contributed by atoms with Crippen molar-refractivity contribution in [3.63, 3.8) is 0 Å². The lowest BCUT2D eigenvalue weighted by atomic mass is 10.2. The van der Waals surface area contributed by atoms with Gasteiger partial charge in [0.2, 0.25) is 0 Å². The molecule has 0 saturated carbocycles. The molecule has 0 aliphatic heterocycles. The van der Waals surface area contributed by atoms with Gasteiger partial charge in [0.15, 0.2) is 0 Å². The number of carbonyl (C=O) groups is 1. The summed E-state index contributed by atoms with van der Waals surface area (Å²) >= 11 is 0. The Bertz CT molecular complexity index is 177. The summed E-state index contributed by atoms with van der Waals surface area (Å²) in [5.41, 5.74) is -0.520. The fourth-order valence-corrected chi connectivity index (χ4v) is 0.299. The van der Waals surface area contributed by atoms with E-state index in [0.717, 1.165) is 0 Å². The predicted octanol–water partition coefficient (Wildman–Crippen LogP) is 0.753. The SMILES string of the molecule is CNC(=O)O/N=C/C(C)(C)OC. The number of oxime groups is 1. The summed E-state index contributed by atoms with van der Waals surface area (Å²) in [6.07, 6.45) is 0.806. The number of methoxy groups -OCH3 is 1. The van der Waals surface area contributed by atoms with E-state index in [9.17, 15) is 4.79 Å². The summed E-state index contributed by atoms with van der Waals surface area (Å²) in [6.45, 7) is 3.59. The predicted molar refractivity (Wildman–Crippen MR) is 45.1 cm³/mol. The van der Waals surface area contributed by atoms with Crippen LogP contribution >= 0.6 is 0 Å². The molecule has 0 heterocycles. The molecule has 0 bridgehead atoms. The third-order valence-electron chi connectivity index (χ3n) is 1.23. The summed E-state index contributed by atoms with van der Waals surface area (Å²) in [6, 6.07) is 0. The standard InChI is InChI=1S/C7H14N2O3/c1-7(2,11-4)5-9-12-6(10)8-3/h5H,1-4H3,(H,8,10)/b9-5+. The lowest BCUT2D eigenvalue weighted by molar-refractivity contribution is 0.0827. The lowest BCUT2D eigenvalue weighted by Gasteiger charge is -2.15. The third-order valence-corrected chi connectivity index (χ3v) is 1.23. The number of carbonyl (C=O) groups excluding carboxylic acids is 1. The molecule has 0 fully saturated rings. The number of nitrogens with one attached hydrogen (secondary N) is 1. The van der Waals surface area contributed by atoms with Crippen molar-refractivity contribution in [1.29, 1.82) is 0 Å². The quantitative estimate of drug-likeness (QED) is 0.390. The van der Waals surface area contributed by atoms with Gasteiger partial charge in [-0.1, -0.05) is 5.16 Å². The molecule has 0 unspecified atom stereocenters. The summed E-state index contributed by atoms with van der Waals surface area (Å²) in [4.78, 5) is 14.9. The molecule has 0 aliphatic rings. The molecule has 1 N–H and O–H groups in total.